The Bertz CT molecular complexity index is 1520. The number of rotatable bonds is 27. The predicted molar refractivity (Wildman–Crippen MR) is 267 cm³/mol. The van der Waals surface area contributed by atoms with Crippen molar-refractivity contribution < 1.29 is 42.1 Å². The first kappa shape index (κ1) is 57.0. The number of hydrogen-bond donors (Lipinski definition) is 0. The molecule has 0 aromatic rings. The van der Waals surface area contributed by atoms with Crippen molar-refractivity contribution in [2.75, 3.05) is 14.2 Å². The third-order valence-corrected chi connectivity index (χ3v) is 24.2. The third-order valence-electron chi connectivity index (χ3n) is 15.2. The third kappa shape index (κ3) is 17.3. The Morgan fingerprint density at radius 1 is 0.797 bits per heavy atom. The molecule has 2 fully saturated rings. The fourth-order valence-electron chi connectivity index (χ4n) is 8.59. The molecule has 9 atom stereocenters. The summed E-state index contributed by atoms with van der Waals surface area (Å²) in [5.41, 5.74) is 0.714. The monoisotopic (exact) mass is 933 g/mol. The zero-order chi connectivity index (χ0) is 47.8. The number of carbonyl (C=O) groups excluding carboxylic acids is 1. The molecule has 0 unspecified atom stereocenters. The van der Waals surface area contributed by atoms with Gasteiger partial charge in [0.15, 0.2) is 16.6 Å². The minimum Gasteiger partial charge on any atom is -0.455 e. The average Bonchev–Trinajstić information content (AvgIpc) is 3.81. The second kappa shape index (κ2) is 25.9. The normalized spacial score (nSPS) is 28.0. The van der Waals surface area contributed by atoms with Crippen molar-refractivity contribution in [1.82, 2.24) is 0 Å². The zero-order valence-corrected chi connectivity index (χ0v) is 45.9. The van der Waals surface area contributed by atoms with Crippen LogP contribution in [-0.2, 0) is 42.1 Å². The first-order valence-corrected chi connectivity index (χ1v) is 31.2. The second-order valence-electron chi connectivity index (χ2n) is 22.5. The summed E-state index contributed by atoms with van der Waals surface area (Å²) in [4.78, 5) is 12.4. The van der Waals surface area contributed by atoms with Crippen molar-refractivity contribution in [2.45, 2.75) is 282 Å². The Labute approximate surface area is 394 Å². The molecule has 3 aliphatic rings. The predicted octanol–water partition coefficient (Wildman–Crippen LogP) is 13.9. The number of hydrogen-bond acceptors (Lipinski definition) is 9. The van der Waals surface area contributed by atoms with Crippen LogP contribution in [0.2, 0.25) is 36.3 Å². The topological polar surface area (TPSA) is 90.9 Å². The van der Waals surface area contributed by atoms with Crippen molar-refractivity contribution in [1.29, 1.82) is 0 Å². The van der Waals surface area contributed by atoms with Crippen LogP contribution in [0.1, 0.15) is 191 Å². The molecule has 0 bridgehead atoms. The van der Waals surface area contributed by atoms with Crippen LogP contribution >= 0.6 is 0 Å². The van der Waals surface area contributed by atoms with E-state index in [0.29, 0.717) is 18.4 Å². The molecular weight excluding hydrogens is 837 g/mol. The number of allylic oxidation sites excluding steroid dienone is 1. The van der Waals surface area contributed by atoms with E-state index >= 15 is 0 Å². The zero-order valence-electron chi connectivity index (χ0n) is 43.9. The van der Waals surface area contributed by atoms with E-state index in [9.17, 15) is 4.79 Å². The first-order valence-electron chi connectivity index (χ1n) is 25.4. The maximum Gasteiger partial charge on any atom is 0.334 e. The lowest BCUT2D eigenvalue weighted by molar-refractivity contribution is -0.449. The minimum absolute atomic E-state index is 0.0167. The van der Waals surface area contributed by atoms with Crippen LogP contribution in [0.15, 0.2) is 23.8 Å². The van der Waals surface area contributed by atoms with Crippen LogP contribution in [0.5, 0.6) is 0 Å². The number of cyclic esters (lactones) is 1. The van der Waals surface area contributed by atoms with Gasteiger partial charge in [-0.3, -0.25) is 0 Å². The summed E-state index contributed by atoms with van der Waals surface area (Å²) in [6.07, 6.45) is 25.9. The number of methoxy groups -OCH3 is 2. The maximum atomic E-state index is 12.4. The lowest BCUT2D eigenvalue weighted by Crippen LogP contribution is -2.65. The van der Waals surface area contributed by atoms with Gasteiger partial charge in [-0.15, -0.1) is 0 Å². The molecule has 0 saturated carbocycles. The Kier molecular flexibility index (Phi) is 23.0. The van der Waals surface area contributed by atoms with Gasteiger partial charge >= 0.3 is 5.97 Å². The summed E-state index contributed by atoms with van der Waals surface area (Å²) < 4.78 is 52.0. The van der Waals surface area contributed by atoms with E-state index in [2.05, 4.69) is 92.6 Å². The quantitative estimate of drug-likeness (QED) is 0.0346. The molecule has 64 heavy (non-hydrogen) atoms. The molecule has 11 heteroatoms. The van der Waals surface area contributed by atoms with E-state index in [-0.39, 0.29) is 58.8 Å². The van der Waals surface area contributed by atoms with Crippen LogP contribution in [0.25, 0.3) is 0 Å². The highest BCUT2D eigenvalue weighted by atomic mass is 28.4. The van der Waals surface area contributed by atoms with Gasteiger partial charge < -0.3 is 37.3 Å². The van der Waals surface area contributed by atoms with Crippen molar-refractivity contribution in [3.8, 4) is 11.8 Å². The number of unbranched alkanes of at least 4 members (excludes halogenated alkanes) is 9. The van der Waals surface area contributed by atoms with E-state index in [1.165, 1.54) is 57.8 Å². The summed E-state index contributed by atoms with van der Waals surface area (Å²) in [5, 5.41) is 0.135. The average molecular weight is 934 g/mol. The van der Waals surface area contributed by atoms with Gasteiger partial charge in [-0.2, -0.15) is 0 Å². The molecule has 2 saturated heterocycles. The van der Waals surface area contributed by atoms with Crippen LogP contribution in [0, 0.1) is 11.8 Å². The van der Waals surface area contributed by atoms with E-state index < -0.39 is 28.2 Å². The van der Waals surface area contributed by atoms with Gasteiger partial charge in [-0.25, -0.2) is 4.79 Å². The van der Waals surface area contributed by atoms with Gasteiger partial charge in [0.05, 0.1) is 36.6 Å². The second-order valence-corrected chi connectivity index (χ2v) is 32.0. The molecule has 9 nitrogen and oxygen atoms in total. The smallest absolute Gasteiger partial charge is 0.334 e. The Balaban J connectivity index is 1.63. The highest BCUT2D eigenvalue weighted by Crippen LogP contribution is 2.44. The Morgan fingerprint density at radius 2 is 1.34 bits per heavy atom. The van der Waals surface area contributed by atoms with Gasteiger partial charge in [0.2, 0.25) is 11.6 Å². The fourth-order valence-corrected chi connectivity index (χ4v) is 11.3. The number of esters is 1. The Morgan fingerprint density at radius 3 is 1.88 bits per heavy atom. The molecule has 3 heterocycles. The number of carbonyl (C=O) groups is 1. The van der Waals surface area contributed by atoms with Gasteiger partial charge in [-0.05, 0) is 114 Å². The first-order chi connectivity index (χ1) is 29.9. The van der Waals surface area contributed by atoms with Crippen molar-refractivity contribution in [2.24, 2.45) is 0 Å². The SMILES string of the molecule is CCCCCCCCCCCC[C@@H]1O[C@@](C)(OC)[C@](C)(OC)O[C@@H]1CC[C@H](O[Si](C)(C)C(C)(C)C)[C@@H]1CC[C@@H](CCC#C/C=C/C[C@H](CC2=C[C@H](C)OC2=O)O[Si](C)(C)C(C)(C)C)O1. The van der Waals surface area contributed by atoms with Crippen LogP contribution in [0.3, 0.4) is 0 Å². The van der Waals surface area contributed by atoms with Crippen molar-refractivity contribution in [3.05, 3.63) is 23.8 Å². The molecule has 0 amide bonds. The minimum atomic E-state index is -2.12. The molecule has 0 spiro atoms. The molecule has 3 rings (SSSR count). The standard InChI is InChI=1S/C53H96O9Si2/c1-17-18-19-20-21-22-23-24-28-31-34-46-47(60-53(10,56-12)52(9,55-11)59-46)37-38-48(62-64(15,16)51(6,7)8)45-36-35-43(58-45)32-29-26-25-27-30-33-44(61-63(13,14)50(3,4)5)40-42-39-41(2)57-49(42)54/h27,30,39,41,43-48H,17-24,28-29,31-38,40H2,1-16H3/b30-27+/t41-,43+,44+,45-,46-,47+,48-,52+,53+/m0/s1. The summed E-state index contributed by atoms with van der Waals surface area (Å²) in [7, 11) is -0.820. The van der Waals surface area contributed by atoms with Crippen LogP contribution in [0.4, 0.5) is 0 Å². The number of ether oxygens (including phenoxy) is 6. The van der Waals surface area contributed by atoms with E-state index in [1.54, 1.807) is 14.2 Å². The molecule has 3 aliphatic heterocycles. The van der Waals surface area contributed by atoms with E-state index in [0.717, 1.165) is 51.4 Å². The molecule has 0 aromatic carbocycles. The van der Waals surface area contributed by atoms with Gasteiger partial charge in [0.25, 0.3) is 0 Å². The van der Waals surface area contributed by atoms with Gasteiger partial charge in [0, 0.05) is 32.6 Å². The summed E-state index contributed by atoms with van der Waals surface area (Å²) in [5.74, 6) is 4.34. The Hall–Kier alpha value is -1.34. The van der Waals surface area contributed by atoms with Crippen molar-refractivity contribution in [3.63, 3.8) is 0 Å². The van der Waals surface area contributed by atoms with Crippen LogP contribution < -0.4 is 0 Å². The van der Waals surface area contributed by atoms with E-state index in [4.69, 9.17) is 37.3 Å². The summed E-state index contributed by atoms with van der Waals surface area (Å²) >= 11 is 0. The highest BCUT2D eigenvalue weighted by Gasteiger charge is 2.56. The summed E-state index contributed by atoms with van der Waals surface area (Å²) in [6.45, 7) is 30.9. The molecule has 0 radical (unpaired) electrons. The fraction of sp³-hybridized carbons (Fsp3) is 0.868. The highest BCUT2D eigenvalue weighted by molar-refractivity contribution is 6.74. The van der Waals surface area contributed by atoms with Crippen LogP contribution in [-0.4, -0.2) is 91.1 Å². The molecule has 370 valence electrons. The van der Waals surface area contributed by atoms with Crippen molar-refractivity contribution >= 4 is 22.6 Å². The summed E-state index contributed by atoms with van der Waals surface area (Å²) in [6, 6.07) is 0. The lowest BCUT2D eigenvalue weighted by Gasteiger charge is -2.52. The molecule has 0 aromatic heterocycles. The largest absolute Gasteiger partial charge is 0.455 e. The van der Waals surface area contributed by atoms with Gasteiger partial charge in [0.1, 0.15) is 6.10 Å². The molecule has 0 N–H and O–H groups in total. The maximum absolute atomic E-state index is 12.4. The molecular formula is C53H96O9Si2. The van der Waals surface area contributed by atoms with Gasteiger partial charge in [-0.1, -0.05) is 131 Å². The molecule has 0 aliphatic carbocycles. The lowest BCUT2D eigenvalue weighted by atomic mass is 9.94. The van der Waals surface area contributed by atoms with E-state index in [1.807, 2.05) is 32.9 Å².